The van der Waals surface area contributed by atoms with Crippen molar-refractivity contribution in [3.8, 4) is 0 Å². The topological polar surface area (TPSA) is 63.8 Å². The standard InChI is InChI=1S/C15H21FN4S/c1-8-6-9(2)11(10(16)7-8)12(18-17)13-14(15(3,4)5)19-20-21-13/h6-7,12,18H,17H2,1-5H3. The number of rotatable bonds is 3. The zero-order valence-electron chi connectivity index (χ0n) is 13.0. The molecule has 0 amide bonds. The van der Waals surface area contributed by atoms with Crippen molar-refractivity contribution in [3.05, 3.63) is 45.2 Å². The Morgan fingerprint density at radius 3 is 2.48 bits per heavy atom. The van der Waals surface area contributed by atoms with Gasteiger partial charge in [0.2, 0.25) is 0 Å². The number of halogens is 1. The minimum absolute atomic E-state index is 0.174. The van der Waals surface area contributed by atoms with E-state index in [9.17, 15) is 4.39 Å². The predicted octanol–water partition coefficient (Wildman–Crippen LogP) is 3.14. The zero-order valence-corrected chi connectivity index (χ0v) is 13.8. The molecule has 21 heavy (non-hydrogen) atoms. The minimum atomic E-state index is -0.445. The van der Waals surface area contributed by atoms with E-state index in [-0.39, 0.29) is 11.2 Å². The van der Waals surface area contributed by atoms with Gasteiger partial charge in [0.1, 0.15) is 5.82 Å². The van der Waals surface area contributed by atoms with Crippen LogP contribution in [0.1, 0.15) is 54.1 Å². The molecule has 1 aromatic carbocycles. The first-order valence-electron chi connectivity index (χ1n) is 6.81. The van der Waals surface area contributed by atoms with Gasteiger partial charge < -0.3 is 0 Å². The molecule has 0 saturated heterocycles. The number of benzene rings is 1. The van der Waals surface area contributed by atoms with E-state index >= 15 is 0 Å². The lowest BCUT2D eigenvalue weighted by atomic mass is 9.88. The summed E-state index contributed by atoms with van der Waals surface area (Å²) in [4.78, 5) is 0.857. The second kappa shape index (κ2) is 5.79. The van der Waals surface area contributed by atoms with E-state index in [1.165, 1.54) is 17.6 Å². The molecule has 0 aliphatic rings. The minimum Gasteiger partial charge on any atom is -0.271 e. The SMILES string of the molecule is Cc1cc(C)c(C(NN)c2snnc2C(C)(C)C)c(F)c1. The molecule has 0 radical (unpaired) electrons. The van der Waals surface area contributed by atoms with Crippen LogP contribution in [0.2, 0.25) is 0 Å². The molecule has 2 rings (SSSR count). The van der Waals surface area contributed by atoms with Gasteiger partial charge in [-0.2, -0.15) is 0 Å². The predicted molar refractivity (Wildman–Crippen MR) is 83.6 cm³/mol. The molecule has 0 saturated carbocycles. The van der Waals surface area contributed by atoms with Gasteiger partial charge in [0.15, 0.2) is 0 Å². The Morgan fingerprint density at radius 2 is 1.95 bits per heavy atom. The summed E-state index contributed by atoms with van der Waals surface area (Å²) in [5.74, 6) is 5.46. The first-order valence-corrected chi connectivity index (χ1v) is 7.58. The maximum absolute atomic E-state index is 14.4. The lowest BCUT2D eigenvalue weighted by molar-refractivity contribution is 0.527. The average Bonchev–Trinajstić information content (AvgIpc) is 2.82. The van der Waals surface area contributed by atoms with Crippen molar-refractivity contribution in [2.75, 3.05) is 0 Å². The highest BCUT2D eigenvalue weighted by Gasteiger charge is 2.30. The van der Waals surface area contributed by atoms with Crippen molar-refractivity contribution in [1.29, 1.82) is 0 Å². The number of nitrogens with zero attached hydrogens (tertiary/aromatic N) is 2. The van der Waals surface area contributed by atoms with E-state index in [0.29, 0.717) is 5.56 Å². The number of aryl methyl sites for hydroxylation is 2. The first-order chi connectivity index (χ1) is 9.75. The highest BCUT2D eigenvalue weighted by Crippen LogP contribution is 2.35. The van der Waals surface area contributed by atoms with Crippen molar-refractivity contribution in [2.45, 2.75) is 46.1 Å². The maximum atomic E-state index is 14.4. The van der Waals surface area contributed by atoms with Gasteiger partial charge in [-0.15, -0.1) is 5.10 Å². The fraction of sp³-hybridized carbons (Fsp3) is 0.467. The van der Waals surface area contributed by atoms with Gasteiger partial charge in [0.05, 0.1) is 16.6 Å². The molecule has 4 nitrogen and oxygen atoms in total. The number of hydrazine groups is 1. The van der Waals surface area contributed by atoms with E-state index in [4.69, 9.17) is 5.84 Å². The van der Waals surface area contributed by atoms with Crippen molar-refractivity contribution in [2.24, 2.45) is 5.84 Å². The molecule has 0 aliphatic heterocycles. The summed E-state index contributed by atoms with van der Waals surface area (Å²) in [5.41, 5.74) is 5.70. The Labute approximate surface area is 128 Å². The third kappa shape index (κ3) is 3.12. The van der Waals surface area contributed by atoms with E-state index in [1.807, 2.05) is 19.9 Å². The van der Waals surface area contributed by atoms with E-state index in [2.05, 4.69) is 35.8 Å². The molecular weight excluding hydrogens is 287 g/mol. The summed E-state index contributed by atoms with van der Waals surface area (Å²) < 4.78 is 18.5. The van der Waals surface area contributed by atoms with Crippen LogP contribution in [0.25, 0.3) is 0 Å². The van der Waals surface area contributed by atoms with Crippen molar-refractivity contribution in [3.63, 3.8) is 0 Å². The lowest BCUT2D eigenvalue weighted by Gasteiger charge is -2.23. The number of aromatic nitrogens is 2. The van der Waals surface area contributed by atoms with Crippen LogP contribution in [0, 0.1) is 19.7 Å². The summed E-state index contributed by atoms with van der Waals surface area (Å²) in [6.45, 7) is 9.93. The molecule has 1 heterocycles. The molecule has 114 valence electrons. The fourth-order valence-corrected chi connectivity index (χ4v) is 3.42. The van der Waals surface area contributed by atoms with E-state index in [0.717, 1.165) is 21.7 Å². The summed E-state index contributed by atoms with van der Waals surface area (Å²) >= 11 is 1.26. The average molecular weight is 308 g/mol. The summed E-state index contributed by atoms with van der Waals surface area (Å²) in [7, 11) is 0. The van der Waals surface area contributed by atoms with Crippen molar-refractivity contribution >= 4 is 11.5 Å². The second-order valence-electron chi connectivity index (χ2n) is 6.31. The monoisotopic (exact) mass is 308 g/mol. The summed E-state index contributed by atoms with van der Waals surface area (Å²) in [5, 5.41) is 4.21. The van der Waals surface area contributed by atoms with E-state index < -0.39 is 6.04 Å². The number of nitrogens with one attached hydrogen (secondary N) is 1. The quantitative estimate of drug-likeness (QED) is 0.675. The number of hydrogen-bond acceptors (Lipinski definition) is 5. The van der Waals surface area contributed by atoms with Crippen LogP contribution < -0.4 is 11.3 Å². The Morgan fingerprint density at radius 1 is 1.29 bits per heavy atom. The number of hydrogen-bond donors (Lipinski definition) is 2. The van der Waals surface area contributed by atoms with Gasteiger partial charge in [0.25, 0.3) is 0 Å². The Balaban J connectivity index is 2.59. The molecule has 2 aromatic rings. The molecule has 0 fully saturated rings. The third-order valence-corrected chi connectivity index (χ3v) is 4.21. The van der Waals surface area contributed by atoms with Gasteiger partial charge in [-0.25, -0.2) is 9.82 Å². The normalized spacial score (nSPS) is 13.5. The molecule has 1 unspecified atom stereocenters. The fourth-order valence-electron chi connectivity index (χ4n) is 2.49. The van der Waals surface area contributed by atoms with E-state index in [1.54, 1.807) is 0 Å². The van der Waals surface area contributed by atoms with Crippen LogP contribution in [-0.2, 0) is 5.41 Å². The van der Waals surface area contributed by atoms with Crippen LogP contribution in [-0.4, -0.2) is 9.59 Å². The molecule has 1 atom stereocenters. The summed E-state index contributed by atoms with van der Waals surface area (Å²) in [6.07, 6.45) is 0. The van der Waals surface area contributed by atoms with Crippen LogP contribution in [0.15, 0.2) is 12.1 Å². The van der Waals surface area contributed by atoms with Crippen LogP contribution in [0.3, 0.4) is 0 Å². The van der Waals surface area contributed by atoms with Gasteiger partial charge in [-0.05, 0) is 42.6 Å². The highest BCUT2D eigenvalue weighted by molar-refractivity contribution is 7.05. The van der Waals surface area contributed by atoms with Gasteiger partial charge in [0, 0.05) is 11.0 Å². The number of nitrogens with two attached hydrogens (primary N) is 1. The van der Waals surface area contributed by atoms with Crippen LogP contribution >= 0.6 is 11.5 Å². The largest absolute Gasteiger partial charge is 0.271 e. The molecule has 1 aromatic heterocycles. The molecule has 6 heteroatoms. The molecule has 0 aliphatic carbocycles. The molecule has 0 bridgehead atoms. The Kier molecular flexibility index (Phi) is 4.41. The third-order valence-electron chi connectivity index (χ3n) is 3.42. The Hall–Kier alpha value is -1.37. The Bertz CT molecular complexity index is 622. The van der Waals surface area contributed by atoms with Gasteiger partial charge >= 0.3 is 0 Å². The summed E-state index contributed by atoms with van der Waals surface area (Å²) in [6, 6.07) is 3.03. The highest BCUT2D eigenvalue weighted by atomic mass is 32.1. The van der Waals surface area contributed by atoms with Crippen molar-refractivity contribution in [1.82, 2.24) is 15.0 Å². The molecular formula is C15H21FN4S. The molecule has 3 N–H and O–H groups in total. The first kappa shape index (κ1) is 16.0. The second-order valence-corrected chi connectivity index (χ2v) is 7.10. The van der Waals surface area contributed by atoms with Crippen LogP contribution in [0.4, 0.5) is 4.39 Å². The van der Waals surface area contributed by atoms with Gasteiger partial charge in [-0.1, -0.05) is 31.3 Å². The van der Waals surface area contributed by atoms with Crippen LogP contribution in [0.5, 0.6) is 0 Å². The van der Waals surface area contributed by atoms with Gasteiger partial charge in [-0.3, -0.25) is 5.84 Å². The molecule has 0 spiro atoms. The maximum Gasteiger partial charge on any atom is 0.128 e. The lowest BCUT2D eigenvalue weighted by Crippen LogP contribution is -2.31. The zero-order chi connectivity index (χ0) is 15.8. The van der Waals surface area contributed by atoms with Crippen molar-refractivity contribution < 1.29 is 4.39 Å². The smallest absolute Gasteiger partial charge is 0.128 e.